The van der Waals surface area contributed by atoms with Gasteiger partial charge in [0.25, 0.3) is 5.91 Å². The number of benzene rings is 2. The van der Waals surface area contributed by atoms with Crippen molar-refractivity contribution in [3.63, 3.8) is 0 Å². The topological polar surface area (TPSA) is 73.1 Å². The number of hydrogen-bond donors (Lipinski definition) is 1. The molecule has 0 aliphatic carbocycles. The Kier molecular flexibility index (Phi) is 5.23. The molecule has 142 valence electrons. The molecule has 0 unspecified atom stereocenters. The van der Waals surface area contributed by atoms with Gasteiger partial charge in [-0.15, -0.1) is 0 Å². The molecule has 2 aromatic carbocycles. The minimum atomic E-state index is -0.782. The third-order valence-corrected chi connectivity index (χ3v) is 4.74. The average Bonchev–Trinajstić information content (AvgIpc) is 3.18. The van der Waals surface area contributed by atoms with Gasteiger partial charge in [0.2, 0.25) is 6.10 Å². The predicted molar refractivity (Wildman–Crippen MR) is 106 cm³/mol. The molecule has 1 aromatic heterocycles. The number of amides is 1. The van der Waals surface area contributed by atoms with Crippen molar-refractivity contribution in [2.45, 2.75) is 6.10 Å². The summed E-state index contributed by atoms with van der Waals surface area (Å²) >= 11 is 11.9. The highest BCUT2D eigenvalue weighted by molar-refractivity contribution is 6.42. The van der Waals surface area contributed by atoms with Gasteiger partial charge in [-0.1, -0.05) is 35.3 Å². The molecule has 1 aliphatic heterocycles. The molecule has 0 fully saturated rings. The van der Waals surface area contributed by atoms with E-state index in [2.05, 4.69) is 10.5 Å². The van der Waals surface area contributed by atoms with E-state index in [0.29, 0.717) is 33.1 Å². The molecule has 0 saturated heterocycles. The number of halogens is 2. The smallest absolute Gasteiger partial charge is 0.284 e. The summed E-state index contributed by atoms with van der Waals surface area (Å²) in [6.07, 6.45) is 0.617. The van der Waals surface area contributed by atoms with E-state index in [1.807, 2.05) is 12.1 Å². The second-order valence-electron chi connectivity index (χ2n) is 5.93. The Balaban J connectivity index is 1.37. The number of nitrogens with one attached hydrogen (secondary N) is 1. The first-order valence-corrected chi connectivity index (χ1v) is 9.12. The van der Waals surface area contributed by atoms with Crippen LogP contribution in [0.5, 0.6) is 11.5 Å². The van der Waals surface area contributed by atoms with E-state index in [-0.39, 0.29) is 6.61 Å². The summed E-state index contributed by atoms with van der Waals surface area (Å²) < 4.78 is 16.8. The third kappa shape index (κ3) is 3.98. The summed E-state index contributed by atoms with van der Waals surface area (Å²) in [4.78, 5) is 12.2. The van der Waals surface area contributed by atoms with E-state index < -0.39 is 12.0 Å². The zero-order valence-corrected chi connectivity index (χ0v) is 15.9. The number of hydrogen-bond acceptors (Lipinski definition) is 5. The van der Waals surface area contributed by atoms with Gasteiger partial charge in [-0.2, -0.15) is 5.10 Å². The van der Waals surface area contributed by atoms with Gasteiger partial charge >= 0.3 is 0 Å². The van der Waals surface area contributed by atoms with Crippen LogP contribution in [-0.2, 0) is 4.79 Å². The lowest BCUT2D eigenvalue weighted by Gasteiger charge is -2.24. The highest BCUT2D eigenvalue weighted by Crippen LogP contribution is 2.31. The van der Waals surface area contributed by atoms with E-state index in [9.17, 15) is 4.79 Å². The molecule has 28 heavy (non-hydrogen) atoms. The van der Waals surface area contributed by atoms with Crippen molar-refractivity contribution < 1.29 is 18.7 Å². The zero-order chi connectivity index (χ0) is 19.5. The number of rotatable bonds is 4. The second kappa shape index (κ2) is 7.96. The summed E-state index contributed by atoms with van der Waals surface area (Å²) in [6.45, 7) is 0.112. The largest absolute Gasteiger partial charge is 0.485 e. The molecule has 4 rings (SSSR count). The molecular formula is C20H14Cl2N2O4. The van der Waals surface area contributed by atoms with Crippen molar-refractivity contribution in [2.24, 2.45) is 5.10 Å². The number of fused-ring (bicyclic) bond motifs is 1. The van der Waals surface area contributed by atoms with E-state index in [1.165, 1.54) is 6.21 Å². The second-order valence-corrected chi connectivity index (χ2v) is 6.74. The van der Waals surface area contributed by atoms with Gasteiger partial charge < -0.3 is 13.9 Å². The molecule has 8 heteroatoms. The van der Waals surface area contributed by atoms with E-state index in [1.54, 1.807) is 42.5 Å². The van der Waals surface area contributed by atoms with Gasteiger partial charge in [0.05, 0.1) is 16.3 Å². The van der Waals surface area contributed by atoms with E-state index in [4.69, 9.17) is 37.1 Å². The lowest BCUT2D eigenvalue weighted by molar-refractivity contribution is -0.130. The van der Waals surface area contributed by atoms with E-state index in [0.717, 1.165) is 5.56 Å². The Labute approximate surface area is 170 Å². The molecular weight excluding hydrogens is 403 g/mol. The Morgan fingerprint density at radius 3 is 2.71 bits per heavy atom. The predicted octanol–water partition coefficient (Wildman–Crippen LogP) is 4.54. The molecule has 1 N–H and O–H groups in total. The van der Waals surface area contributed by atoms with Gasteiger partial charge in [-0.05, 0) is 42.5 Å². The van der Waals surface area contributed by atoms with Crippen molar-refractivity contribution in [1.82, 2.24) is 5.43 Å². The molecule has 0 bridgehead atoms. The Morgan fingerprint density at radius 1 is 1.07 bits per heavy atom. The first-order valence-electron chi connectivity index (χ1n) is 8.37. The quantitative estimate of drug-likeness (QED) is 0.500. The molecule has 6 nitrogen and oxygen atoms in total. The van der Waals surface area contributed by atoms with Crippen molar-refractivity contribution in [2.75, 3.05) is 6.61 Å². The fourth-order valence-corrected chi connectivity index (χ4v) is 2.91. The summed E-state index contributed by atoms with van der Waals surface area (Å²) in [7, 11) is 0. The normalized spacial score (nSPS) is 15.6. The van der Waals surface area contributed by atoms with Crippen LogP contribution in [0.4, 0.5) is 0 Å². The lowest BCUT2D eigenvalue weighted by Crippen LogP contribution is -2.42. The van der Waals surface area contributed by atoms with Crippen LogP contribution in [0, 0.1) is 0 Å². The third-order valence-electron chi connectivity index (χ3n) is 4.00. The van der Waals surface area contributed by atoms with Crippen LogP contribution in [0.15, 0.2) is 64.1 Å². The monoisotopic (exact) mass is 416 g/mol. The zero-order valence-electron chi connectivity index (χ0n) is 14.4. The van der Waals surface area contributed by atoms with Crippen molar-refractivity contribution in [3.05, 3.63) is 70.4 Å². The van der Waals surface area contributed by atoms with Crippen LogP contribution in [0.1, 0.15) is 5.76 Å². The summed E-state index contributed by atoms with van der Waals surface area (Å²) in [6, 6.07) is 15.9. The number of nitrogens with zero attached hydrogens (tertiary/aromatic N) is 1. The fraction of sp³-hybridized carbons (Fsp3) is 0.100. The Bertz CT molecular complexity index is 1050. The van der Waals surface area contributed by atoms with Crippen LogP contribution >= 0.6 is 23.2 Å². The molecule has 0 saturated carbocycles. The van der Waals surface area contributed by atoms with Gasteiger partial charge in [0, 0.05) is 5.56 Å². The Hall–Kier alpha value is -2.96. The summed E-state index contributed by atoms with van der Waals surface area (Å²) in [5.74, 6) is 1.79. The van der Waals surface area contributed by atoms with Gasteiger partial charge in [-0.3, -0.25) is 4.79 Å². The molecule has 1 aliphatic rings. The van der Waals surface area contributed by atoms with Crippen molar-refractivity contribution in [1.29, 1.82) is 0 Å². The number of carbonyl (C=O) groups excluding carboxylic acids is 1. The first kappa shape index (κ1) is 18.4. The minimum absolute atomic E-state index is 0.112. The van der Waals surface area contributed by atoms with Gasteiger partial charge in [0.15, 0.2) is 11.5 Å². The van der Waals surface area contributed by atoms with Crippen LogP contribution in [-0.4, -0.2) is 24.8 Å². The van der Waals surface area contributed by atoms with Crippen LogP contribution in [0.25, 0.3) is 11.3 Å². The first-order chi connectivity index (χ1) is 13.6. The van der Waals surface area contributed by atoms with Crippen molar-refractivity contribution >= 4 is 35.3 Å². The van der Waals surface area contributed by atoms with Gasteiger partial charge in [0.1, 0.15) is 18.1 Å². The van der Waals surface area contributed by atoms with Crippen LogP contribution in [0.3, 0.4) is 0 Å². The van der Waals surface area contributed by atoms with Crippen LogP contribution in [0.2, 0.25) is 10.0 Å². The number of carbonyl (C=O) groups is 1. The average molecular weight is 417 g/mol. The number of furan rings is 1. The van der Waals surface area contributed by atoms with Crippen molar-refractivity contribution in [3.8, 4) is 22.8 Å². The SMILES string of the molecule is O=C(N/N=C\c1ccc(-c2ccc(Cl)c(Cl)c2)o1)[C@@H]1COc2ccccc2O1. The standard InChI is InChI=1S/C20H14Cl2N2O4/c21-14-7-5-12(9-15(14)22)16-8-6-13(27-16)10-23-24-20(25)19-11-26-17-3-1-2-4-18(17)28-19/h1-10,19H,11H2,(H,24,25)/b23-10-/t19-/m0/s1. The molecule has 1 amide bonds. The van der Waals surface area contributed by atoms with Crippen LogP contribution < -0.4 is 14.9 Å². The molecule has 1 atom stereocenters. The molecule has 2 heterocycles. The maximum Gasteiger partial charge on any atom is 0.284 e. The fourth-order valence-electron chi connectivity index (χ4n) is 2.61. The van der Waals surface area contributed by atoms with Gasteiger partial charge in [-0.25, -0.2) is 5.43 Å². The number of ether oxygens (including phenoxy) is 2. The highest BCUT2D eigenvalue weighted by atomic mass is 35.5. The minimum Gasteiger partial charge on any atom is -0.485 e. The Morgan fingerprint density at radius 2 is 1.89 bits per heavy atom. The summed E-state index contributed by atoms with van der Waals surface area (Å²) in [5.41, 5.74) is 3.21. The maximum atomic E-state index is 12.2. The number of para-hydroxylation sites is 2. The molecule has 0 spiro atoms. The summed E-state index contributed by atoms with van der Waals surface area (Å²) in [5, 5.41) is 4.82. The molecule has 0 radical (unpaired) electrons. The number of hydrazone groups is 1. The maximum absolute atomic E-state index is 12.2. The lowest BCUT2D eigenvalue weighted by atomic mass is 10.2. The molecule has 3 aromatic rings. The highest BCUT2D eigenvalue weighted by Gasteiger charge is 2.27. The van der Waals surface area contributed by atoms with E-state index >= 15 is 0 Å².